The van der Waals surface area contributed by atoms with Crippen LogP contribution in [0.1, 0.15) is 27.2 Å². The van der Waals surface area contributed by atoms with E-state index in [1.54, 1.807) is 19.9 Å². The zero-order valence-corrected chi connectivity index (χ0v) is 23.7. The van der Waals surface area contributed by atoms with Gasteiger partial charge in [-0.1, -0.05) is 12.7 Å². The third-order valence-corrected chi connectivity index (χ3v) is 6.87. The largest absolute Gasteiger partial charge is 0.491 e. The molecular formula is C32H26F2N4O5. The molecular weight excluding hydrogens is 558 g/mol. The van der Waals surface area contributed by atoms with Crippen LogP contribution in [0.4, 0.5) is 14.5 Å². The number of pyridine rings is 3. The number of ether oxygens (including phenoxy) is 3. The van der Waals surface area contributed by atoms with Crippen molar-refractivity contribution in [2.45, 2.75) is 13.8 Å². The third kappa shape index (κ3) is 5.40. The maximum Gasteiger partial charge on any atom is 0.268 e. The van der Waals surface area contributed by atoms with Gasteiger partial charge in [0, 0.05) is 41.5 Å². The molecule has 0 aliphatic heterocycles. The van der Waals surface area contributed by atoms with Crippen LogP contribution in [-0.4, -0.2) is 34.7 Å². The van der Waals surface area contributed by atoms with Crippen LogP contribution in [0.2, 0.25) is 0 Å². The van der Waals surface area contributed by atoms with Gasteiger partial charge in [0.2, 0.25) is 0 Å². The molecule has 9 nitrogen and oxygen atoms in total. The number of rotatable bonds is 8. The number of carbonyl (C=O) groups excluding carboxylic acids is 1. The molecule has 0 saturated heterocycles. The summed E-state index contributed by atoms with van der Waals surface area (Å²) in [5.74, 6) is -1.34. The predicted octanol–water partition coefficient (Wildman–Crippen LogP) is 6.38. The number of benzene rings is 2. The van der Waals surface area contributed by atoms with E-state index in [0.717, 1.165) is 6.07 Å². The van der Waals surface area contributed by atoms with Crippen LogP contribution < -0.4 is 25.1 Å². The van der Waals surface area contributed by atoms with Crippen LogP contribution in [0, 0.1) is 25.5 Å². The van der Waals surface area contributed by atoms with E-state index in [4.69, 9.17) is 14.2 Å². The molecule has 0 atom stereocenters. The third-order valence-electron chi connectivity index (χ3n) is 6.87. The van der Waals surface area contributed by atoms with E-state index in [1.807, 2.05) is 0 Å². The summed E-state index contributed by atoms with van der Waals surface area (Å²) < 4.78 is 46.4. The number of nitrogens with one attached hydrogen (secondary N) is 1. The Bertz CT molecular complexity index is 1960. The first-order chi connectivity index (χ1) is 20.7. The summed E-state index contributed by atoms with van der Waals surface area (Å²) in [5, 5.41) is 2.59. The Balaban J connectivity index is 1.46. The fraction of sp³-hybridized carbons (Fsp3) is 0.125. The minimum Gasteiger partial charge on any atom is -0.491 e. The SMILES string of the molecule is C=Cc1c(C)c(C(=O)Nc2ccc(Oc3ccnc4cc(OC)c(OC)nc34)c(F)c2)c(=O)n(-c2ccc(F)cc2)c1C. The zero-order valence-electron chi connectivity index (χ0n) is 23.7. The molecule has 3 aromatic heterocycles. The molecule has 11 heteroatoms. The molecule has 5 rings (SSSR count). The number of carbonyl (C=O) groups is 1. The molecule has 5 aromatic rings. The highest BCUT2D eigenvalue weighted by Gasteiger charge is 2.23. The van der Waals surface area contributed by atoms with E-state index in [0.29, 0.717) is 39.3 Å². The summed E-state index contributed by atoms with van der Waals surface area (Å²) in [5.41, 5.74) is 1.95. The van der Waals surface area contributed by atoms with E-state index < -0.39 is 23.1 Å². The number of methoxy groups -OCH3 is 2. The maximum absolute atomic E-state index is 15.2. The van der Waals surface area contributed by atoms with Gasteiger partial charge in [-0.15, -0.1) is 0 Å². The number of aromatic nitrogens is 3. The molecule has 0 saturated carbocycles. The summed E-state index contributed by atoms with van der Waals surface area (Å²) in [6.07, 6.45) is 3.02. The van der Waals surface area contributed by atoms with Gasteiger partial charge in [-0.3, -0.25) is 19.1 Å². The number of hydrogen-bond donors (Lipinski definition) is 1. The van der Waals surface area contributed by atoms with Crippen molar-refractivity contribution in [2.75, 3.05) is 19.5 Å². The summed E-state index contributed by atoms with van der Waals surface area (Å²) in [6.45, 7) is 7.15. The molecule has 0 unspecified atom stereocenters. The van der Waals surface area contributed by atoms with Gasteiger partial charge in [0.15, 0.2) is 23.1 Å². The Labute approximate surface area is 245 Å². The molecule has 43 heavy (non-hydrogen) atoms. The second kappa shape index (κ2) is 11.7. The Morgan fingerprint density at radius 3 is 2.37 bits per heavy atom. The van der Waals surface area contributed by atoms with Crippen molar-refractivity contribution in [3.8, 4) is 28.8 Å². The Hall–Kier alpha value is -5.58. The second-order valence-electron chi connectivity index (χ2n) is 9.40. The van der Waals surface area contributed by atoms with Crippen molar-refractivity contribution in [3.05, 3.63) is 112 Å². The summed E-state index contributed by atoms with van der Waals surface area (Å²) in [7, 11) is 2.91. The Morgan fingerprint density at radius 2 is 1.72 bits per heavy atom. The molecule has 0 aliphatic carbocycles. The normalized spacial score (nSPS) is 10.8. The Kier molecular flexibility index (Phi) is 7.89. The standard InChI is InChI=1S/C32H26F2N4O5/c1-6-22-17(2)28(32(40)38(18(22)3)21-10-7-19(33)8-11-21)30(39)36-20-9-12-25(23(34)15-20)43-26-13-14-35-24-16-27(41-4)31(42-5)37-29(24)26/h6-16H,1H2,2-5H3,(H,36,39). The van der Waals surface area contributed by atoms with Gasteiger partial charge in [-0.25, -0.2) is 13.8 Å². The smallest absolute Gasteiger partial charge is 0.268 e. The number of nitrogens with zero attached hydrogens (tertiary/aromatic N) is 3. The fourth-order valence-electron chi connectivity index (χ4n) is 4.78. The molecule has 3 heterocycles. The van der Waals surface area contributed by atoms with Gasteiger partial charge in [0.1, 0.15) is 16.9 Å². The number of fused-ring (bicyclic) bond motifs is 1. The predicted molar refractivity (Wildman–Crippen MR) is 159 cm³/mol. The van der Waals surface area contributed by atoms with E-state index in [1.165, 1.54) is 73.5 Å². The lowest BCUT2D eigenvalue weighted by molar-refractivity contribution is 0.102. The van der Waals surface area contributed by atoms with E-state index >= 15 is 4.39 Å². The quantitative estimate of drug-likeness (QED) is 0.226. The van der Waals surface area contributed by atoms with Crippen molar-refractivity contribution in [3.63, 3.8) is 0 Å². The van der Waals surface area contributed by atoms with Crippen molar-refractivity contribution in [2.24, 2.45) is 0 Å². The fourth-order valence-corrected chi connectivity index (χ4v) is 4.78. The van der Waals surface area contributed by atoms with Gasteiger partial charge in [0.25, 0.3) is 17.3 Å². The number of anilines is 1. The highest BCUT2D eigenvalue weighted by Crippen LogP contribution is 2.35. The Morgan fingerprint density at radius 1 is 0.977 bits per heavy atom. The van der Waals surface area contributed by atoms with E-state index in [2.05, 4.69) is 21.9 Å². The van der Waals surface area contributed by atoms with Crippen LogP contribution in [0.15, 0.2) is 72.2 Å². The molecule has 0 aliphatic rings. The second-order valence-corrected chi connectivity index (χ2v) is 9.40. The van der Waals surface area contributed by atoms with Crippen LogP contribution in [0.5, 0.6) is 23.1 Å². The van der Waals surface area contributed by atoms with E-state index in [9.17, 15) is 14.0 Å². The van der Waals surface area contributed by atoms with Gasteiger partial charge in [0.05, 0.1) is 19.7 Å². The first-order valence-electron chi connectivity index (χ1n) is 13.0. The first kappa shape index (κ1) is 28.9. The van der Waals surface area contributed by atoms with Crippen LogP contribution in [0.25, 0.3) is 22.8 Å². The zero-order chi connectivity index (χ0) is 30.8. The van der Waals surface area contributed by atoms with Crippen molar-refractivity contribution in [1.82, 2.24) is 14.5 Å². The number of amides is 1. The minimum atomic E-state index is -0.778. The highest BCUT2D eigenvalue weighted by molar-refractivity contribution is 6.05. The molecule has 1 N–H and O–H groups in total. The maximum atomic E-state index is 15.2. The number of hydrogen-bond acceptors (Lipinski definition) is 7. The molecule has 218 valence electrons. The first-order valence-corrected chi connectivity index (χ1v) is 13.0. The molecule has 2 aromatic carbocycles. The van der Waals surface area contributed by atoms with E-state index in [-0.39, 0.29) is 28.6 Å². The van der Waals surface area contributed by atoms with Gasteiger partial charge in [-0.05, 0) is 61.4 Å². The summed E-state index contributed by atoms with van der Waals surface area (Å²) >= 11 is 0. The lowest BCUT2D eigenvalue weighted by Gasteiger charge is -2.18. The number of halogens is 2. The monoisotopic (exact) mass is 584 g/mol. The molecule has 0 fully saturated rings. The van der Waals surface area contributed by atoms with Crippen LogP contribution in [0.3, 0.4) is 0 Å². The van der Waals surface area contributed by atoms with Crippen molar-refractivity contribution < 1.29 is 27.8 Å². The van der Waals surface area contributed by atoms with Crippen LogP contribution >= 0.6 is 0 Å². The average Bonchev–Trinajstić information content (AvgIpc) is 2.99. The summed E-state index contributed by atoms with van der Waals surface area (Å²) in [6, 6.07) is 12.3. The topological polar surface area (TPSA) is 105 Å². The van der Waals surface area contributed by atoms with Crippen molar-refractivity contribution >= 4 is 28.7 Å². The minimum absolute atomic E-state index is 0.0897. The molecule has 0 spiro atoms. The van der Waals surface area contributed by atoms with Gasteiger partial charge in [-0.2, -0.15) is 0 Å². The van der Waals surface area contributed by atoms with Crippen molar-refractivity contribution in [1.29, 1.82) is 0 Å². The lowest BCUT2D eigenvalue weighted by atomic mass is 10.0. The molecule has 1 amide bonds. The molecule has 0 radical (unpaired) electrons. The summed E-state index contributed by atoms with van der Waals surface area (Å²) in [4.78, 5) is 35.6. The molecule has 0 bridgehead atoms. The van der Waals surface area contributed by atoms with Gasteiger partial charge >= 0.3 is 0 Å². The highest BCUT2D eigenvalue weighted by atomic mass is 19.1. The average molecular weight is 585 g/mol. The lowest BCUT2D eigenvalue weighted by Crippen LogP contribution is -2.32. The van der Waals surface area contributed by atoms with Gasteiger partial charge < -0.3 is 19.5 Å². The van der Waals surface area contributed by atoms with Crippen LogP contribution in [-0.2, 0) is 0 Å².